The fourth-order valence-electron chi connectivity index (χ4n) is 1.23. The lowest BCUT2D eigenvalue weighted by Crippen LogP contribution is -2.16. The van der Waals surface area contributed by atoms with Crippen molar-refractivity contribution in [3.8, 4) is 0 Å². The fraction of sp³-hybridized carbons (Fsp3) is 0.308. The average molecular weight is 218 g/mol. The lowest BCUT2D eigenvalue weighted by molar-refractivity contribution is 0.334. The van der Waals surface area contributed by atoms with Crippen molar-refractivity contribution in [2.45, 2.75) is 18.9 Å². The quantitative estimate of drug-likeness (QED) is 0.704. The van der Waals surface area contributed by atoms with Crippen LogP contribution in [0.15, 0.2) is 53.2 Å². The maximum absolute atomic E-state index is 8.62. The Hall–Kier alpha value is -1.45. The molecule has 0 saturated heterocycles. The van der Waals surface area contributed by atoms with Gasteiger partial charge in [0, 0.05) is 24.9 Å². The third-order valence-corrected chi connectivity index (χ3v) is 2.12. The van der Waals surface area contributed by atoms with E-state index in [4.69, 9.17) is 10.8 Å². The predicted molar refractivity (Wildman–Crippen MR) is 68.3 cm³/mol. The summed E-state index contributed by atoms with van der Waals surface area (Å²) in [4.78, 5) is 3.91. The Labute approximate surface area is 96.4 Å². The molecule has 0 unspecified atom stereocenters. The molecular formula is C13H18N2O. The molecule has 3 heteroatoms. The van der Waals surface area contributed by atoms with Crippen molar-refractivity contribution in [3.63, 3.8) is 0 Å². The Morgan fingerprint density at radius 3 is 2.81 bits per heavy atom. The SMILES string of the molecule is N[C@H]1C=CC=CC1.OCC1=CN=CCC=C1. The fourth-order valence-corrected chi connectivity index (χ4v) is 1.23. The Morgan fingerprint density at radius 1 is 1.38 bits per heavy atom. The van der Waals surface area contributed by atoms with Crippen molar-refractivity contribution in [1.82, 2.24) is 0 Å². The zero-order valence-electron chi connectivity index (χ0n) is 9.29. The van der Waals surface area contributed by atoms with Crippen molar-refractivity contribution in [2.75, 3.05) is 6.61 Å². The summed E-state index contributed by atoms with van der Waals surface area (Å²) in [5.41, 5.74) is 6.36. The minimum atomic E-state index is 0.0772. The van der Waals surface area contributed by atoms with E-state index < -0.39 is 0 Å². The van der Waals surface area contributed by atoms with Crippen LogP contribution in [0.5, 0.6) is 0 Å². The highest BCUT2D eigenvalue weighted by molar-refractivity contribution is 5.61. The van der Waals surface area contributed by atoms with Crippen LogP contribution in [0, 0.1) is 0 Å². The molecule has 16 heavy (non-hydrogen) atoms. The minimum Gasteiger partial charge on any atom is -0.392 e. The van der Waals surface area contributed by atoms with Gasteiger partial charge < -0.3 is 10.8 Å². The zero-order valence-corrected chi connectivity index (χ0v) is 9.29. The Balaban J connectivity index is 0.000000165. The topological polar surface area (TPSA) is 58.6 Å². The van der Waals surface area contributed by atoms with E-state index in [1.807, 2.05) is 30.4 Å². The number of allylic oxidation sites excluding steroid dienone is 3. The molecular weight excluding hydrogens is 200 g/mol. The van der Waals surface area contributed by atoms with Crippen LogP contribution in [0.25, 0.3) is 0 Å². The van der Waals surface area contributed by atoms with Crippen LogP contribution in [-0.4, -0.2) is 24.0 Å². The summed E-state index contributed by atoms with van der Waals surface area (Å²) in [6, 6.07) is 0.269. The summed E-state index contributed by atoms with van der Waals surface area (Å²) in [6.45, 7) is 0.0772. The Bertz CT molecular complexity index is 338. The molecule has 1 aliphatic heterocycles. The molecule has 1 atom stereocenters. The maximum atomic E-state index is 8.62. The number of nitrogens with zero attached hydrogens (tertiary/aromatic N) is 1. The number of hydrogen-bond donors (Lipinski definition) is 2. The molecule has 2 rings (SSSR count). The first-order chi connectivity index (χ1) is 7.83. The Morgan fingerprint density at radius 2 is 2.25 bits per heavy atom. The van der Waals surface area contributed by atoms with Crippen LogP contribution in [0.3, 0.4) is 0 Å². The van der Waals surface area contributed by atoms with Crippen LogP contribution in [0.2, 0.25) is 0 Å². The van der Waals surface area contributed by atoms with E-state index in [0.29, 0.717) is 0 Å². The number of aliphatic hydroxyl groups is 1. The van der Waals surface area contributed by atoms with Crippen LogP contribution in [0.4, 0.5) is 0 Å². The molecule has 3 nitrogen and oxygen atoms in total. The average Bonchev–Trinajstić information content (AvgIpc) is 2.59. The highest BCUT2D eigenvalue weighted by Crippen LogP contribution is 1.99. The molecule has 0 amide bonds. The molecule has 0 spiro atoms. The van der Waals surface area contributed by atoms with E-state index in [2.05, 4.69) is 11.1 Å². The van der Waals surface area contributed by atoms with E-state index in [1.165, 1.54) is 0 Å². The second-order valence-corrected chi connectivity index (χ2v) is 3.54. The molecule has 0 aromatic rings. The molecule has 0 aromatic heterocycles. The van der Waals surface area contributed by atoms with Gasteiger partial charge in [0.25, 0.3) is 0 Å². The standard InChI is InChI=1S/C7H9NO.C6H9N/c9-6-7-3-1-2-4-8-5-7;7-6-4-2-1-3-5-6/h1,3-5,9H,2,6H2;1-4,6H,5,7H2/t;6-/m.0/s1. The summed E-state index contributed by atoms with van der Waals surface area (Å²) >= 11 is 0. The predicted octanol–water partition coefficient (Wildman–Crippen LogP) is 1.72. The second kappa shape index (κ2) is 7.79. The molecule has 3 N–H and O–H groups in total. The van der Waals surface area contributed by atoms with Gasteiger partial charge in [-0.25, -0.2) is 0 Å². The van der Waals surface area contributed by atoms with E-state index >= 15 is 0 Å². The normalized spacial score (nSPS) is 22.1. The minimum absolute atomic E-state index is 0.0772. The maximum Gasteiger partial charge on any atom is 0.0696 e. The molecule has 0 saturated carbocycles. The van der Waals surface area contributed by atoms with Gasteiger partial charge in [-0.3, -0.25) is 4.99 Å². The van der Waals surface area contributed by atoms with Crippen LogP contribution in [0.1, 0.15) is 12.8 Å². The largest absolute Gasteiger partial charge is 0.392 e. The smallest absolute Gasteiger partial charge is 0.0696 e. The lowest BCUT2D eigenvalue weighted by Gasteiger charge is -2.02. The van der Waals surface area contributed by atoms with Crippen molar-refractivity contribution >= 4 is 6.21 Å². The molecule has 0 aromatic carbocycles. The van der Waals surface area contributed by atoms with Gasteiger partial charge in [0.05, 0.1) is 6.61 Å². The second-order valence-electron chi connectivity index (χ2n) is 3.54. The van der Waals surface area contributed by atoms with Gasteiger partial charge >= 0.3 is 0 Å². The monoisotopic (exact) mass is 218 g/mol. The molecule has 1 aliphatic carbocycles. The van der Waals surface area contributed by atoms with E-state index in [-0.39, 0.29) is 12.6 Å². The molecule has 86 valence electrons. The van der Waals surface area contributed by atoms with Gasteiger partial charge in [-0.2, -0.15) is 0 Å². The van der Waals surface area contributed by atoms with Crippen LogP contribution < -0.4 is 5.73 Å². The van der Waals surface area contributed by atoms with Crippen molar-refractivity contribution in [1.29, 1.82) is 0 Å². The van der Waals surface area contributed by atoms with Gasteiger partial charge in [-0.05, 0) is 12.0 Å². The lowest BCUT2D eigenvalue weighted by atomic mass is 10.1. The van der Waals surface area contributed by atoms with Gasteiger partial charge in [0.2, 0.25) is 0 Å². The summed E-state index contributed by atoms with van der Waals surface area (Å²) in [5.74, 6) is 0. The van der Waals surface area contributed by atoms with Crippen LogP contribution >= 0.6 is 0 Å². The third kappa shape index (κ3) is 5.44. The first-order valence-corrected chi connectivity index (χ1v) is 5.40. The van der Waals surface area contributed by atoms with Crippen molar-refractivity contribution < 1.29 is 5.11 Å². The van der Waals surface area contributed by atoms with E-state index in [9.17, 15) is 0 Å². The van der Waals surface area contributed by atoms with E-state index in [0.717, 1.165) is 18.4 Å². The third-order valence-electron chi connectivity index (χ3n) is 2.12. The zero-order chi connectivity index (χ0) is 11.6. The molecule has 0 fully saturated rings. The van der Waals surface area contributed by atoms with Gasteiger partial charge in [-0.1, -0.05) is 36.5 Å². The first-order valence-electron chi connectivity index (χ1n) is 5.40. The number of aliphatic imine (C=N–C) groups is 1. The molecule has 0 bridgehead atoms. The van der Waals surface area contributed by atoms with Gasteiger partial charge in [0.1, 0.15) is 0 Å². The van der Waals surface area contributed by atoms with Gasteiger partial charge in [0.15, 0.2) is 0 Å². The summed E-state index contributed by atoms with van der Waals surface area (Å²) in [5, 5.41) is 8.62. The highest BCUT2D eigenvalue weighted by Gasteiger charge is 1.93. The number of nitrogens with two attached hydrogens (primary N) is 1. The molecule has 1 heterocycles. The number of rotatable bonds is 1. The number of hydrogen-bond acceptors (Lipinski definition) is 3. The molecule has 2 aliphatic rings. The first kappa shape index (κ1) is 12.6. The van der Waals surface area contributed by atoms with Crippen molar-refractivity contribution in [3.05, 3.63) is 48.2 Å². The summed E-state index contributed by atoms with van der Waals surface area (Å²) < 4.78 is 0. The number of aliphatic hydroxyl groups excluding tert-OH is 1. The molecule has 0 radical (unpaired) electrons. The highest BCUT2D eigenvalue weighted by atomic mass is 16.3. The van der Waals surface area contributed by atoms with Crippen molar-refractivity contribution in [2.24, 2.45) is 10.7 Å². The Kier molecular flexibility index (Phi) is 6.15. The summed E-state index contributed by atoms with van der Waals surface area (Å²) in [6.07, 6.45) is 17.3. The summed E-state index contributed by atoms with van der Waals surface area (Å²) in [7, 11) is 0. The van der Waals surface area contributed by atoms with Gasteiger partial charge in [-0.15, -0.1) is 0 Å². The van der Waals surface area contributed by atoms with Crippen LogP contribution in [-0.2, 0) is 0 Å². The van der Waals surface area contributed by atoms with E-state index in [1.54, 1.807) is 12.4 Å².